The fraction of sp³-hybridized carbons (Fsp3) is 0.588. The lowest BCUT2D eigenvalue weighted by molar-refractivity contribution is 0.217. The van der Waals surface area contributed by atoms with Crippen LogP contribution in [0.25, 0.3) is 0 Å². The molecule has 0 heterocycles. The van der Waals surface area contributed by atoms with Crippen LogP contribution in [0, 0.1) is 5.92 Å². The van der Waals surface area contributed by atoms with Crippen LogP contribution >= 0.6 is 0 Å². The van der Waals surface area contributed by atoms with E-state index in [0.717, 1.165) is 25.2 Å². The van der Waals surface area contributed by atoms with E-state index in [1.54, 1.807) is 4.90 Å². The monoisotopic (exact) mass is 291 g/mol. The van der Waals surface area contributed by atoms with Crippen molar-refractivity contribution in [2.24, 2.45) is 5.92 Å². The standard InChI is InChI=1S/C17H29N3O/c1-6-10-18-14(4)15-8-7-9-16(11-15)19-17(21)20(5)12-13(2)3/h7-9,11,13-14,18H,6,10,12H2,1-5H3,(H,19,21). The summed E-state index contributed by atoms with van der Waals surface area (Å²) in [6.45, 7) is 10.2. The number of carbonyl (C=O) groups is 1. The SMILES string of the molecule is CCCNC(C)c1cccc(NC(=O)N(C)CC(C)C)c1. The highest BCUT2D eigenvalue weighted by atomic mass is 16.2. The lowest BCUT2D eigenvalue weighted by atomic mass is 10.1. The third-order valence-electron chi connectivity index (χ3n) is 3.32. The van der Waals surface area contributed by atoms with Gasteiger partial charge in [-0.2, -0.15) is 0 Å². The molecule has 0 saturated carbocycles. The van der Waals surface area contributed by atoms with E-state index in [9.17, 15) is 4.79 Å². The Balaban J connectivity index is 2.65. The van der Waals surface area contributed by atoms with Gasteiger partial charge in [-0.15, -0.1) is 0 Å². The zero-order valence-electron chi connectivity index (χ0n) is 13.9. The van der Waals surface area contributed by atoms with E-state index in [1.165, 1.54) is 5.56 Å². The second-order valence-corrected chi connectivity index (χ2v) is 6.01. The molecule has 1 aromatic carbocycles. The summed E-state index contributed by atoms with van der Waals surface area (Å²) in [4.78, 5) is 13.8. The molecular weight excluding hydrogens is 262 g/mol. The van der Waals surface area contributed by atoms with Crippen molar-refractivity contribution in [3.05, 3.63) is 29.8 Å². The topological polar surface area (TPSA) is 44.4 Å². The van der Waals surface area contributed by atoms with E-state index >= 15 is 0 Å². The van der Waals surface area contributed by atoms with E-state index in [-0.39, 0.29) is 12.1 Å². The summed E-state index contributed by atoms with van der Waals surface area (Å²) in [7, 11) is 1.82. The normalized spacial score (nSPS) is 12.3. The number of carbonyl (C=O) groups excluding carboxylic acids is 1. The summed E-state index contributed by atoms with van der Waals surface area (Å²) >= 11 is 0. The lowest BCUT2D eigenvalue weighted by Crippen LogP contribution is -2.34. The smallest absolute Gasteiger partial charge is 0.321 e. The summed E-state index contributed by atoms with van der Waals surface area (Å²) in [6.07, 6.45) is 1.11. The van der Waals surface area contributed by atoms with Crippen LogP contribution in [-0.2, 0) is 0 Å². The van der Waals surface area contributed by atoms with Gasteiger partial charge in [0, 0.05) is 25.3 Å². The molecule has 0 aliphatic rings. The van der Waals surface area contributed by atoms with Gasteiger partial charge in [0.25, 0.3) is 0 Å². The molecule has 0 saturated heterocycles. The van der Waals surface area contributed by atoms with Crippen LogP contribution in [0.3, 0.4) is 0 Å². The van der Waals surface area contributed by atoms with E-state index in [2.05, 4.69) is 44.4 Å². The first kappa shape index (κ1) is 17.5. The zero-order valence-corrected chi connectivity index (χ0v) is 13.9. The zero-order chi connectivity index (χ0) is 15.8. The van der Waals surface area contributed by atoms with Gasteiger partial charge in [0.05, 0.1) is 0 Å². The molecule has 1 rings (SSSR count). The van der Waals surface area contributed by atoms with Crippen molar-refractivity contribution >= 4 is 11.7 Å². The van der Waals surface area contributed by atoms with Gasteiger partial charge >= 0.3 is 6.03 Å². The summed E-state index contributed by atoms with van der Waals surface area (Å²) in [5.74, 6) is 0.463. The van der Waals surface area contributed by atoms with Crippen molar-refractivity contribution in [2.75, 3.05) is 25.5 Å². The summed E-state index contributed by atoms with van der Waals surface area (Å²) in [6, 6.07) is 8.26. The minimum atomic E-state index is -0.0602. The maximum atomic E-state index is 12.1. The molecule has 0 spiro atoms. The Bertz CT molecular complexity index is 445. The van der Waals surface area contributed by atoms with E-state index < -0.39 is 0 Å². The first-order valence-electron chi connectivity index (χ1n) is 7.79. The molecule has 21 heavy (non-hydrogen) atoms. The maximum absolute atomic E-state index is 12.1. The second kappa shape index (κ2) is 8.67. The Hall–Kier alpha value is -1.55. The molecule has 0 bridgehead atoms. The third-order valence-corrected chi connectivity index (χ3v) is 3.32. The highest BCUT2D eigenvalue weighted by Crippen LogP contribution is 2.17. The molecule has 1 unspecified atom stereocenters. The predicted molar refractivity (Wildman–Crippen MR) is 89.6 cm³/mol. The summed E-state index contributed by atoms with van der Waals surface area (Å²) in [5, 5.41) is 6.41. The lowest BCUT2D eigenvalue weighted by Gasteiger charge is -2.20. The Morgan fingerprint density at radius 1 is 1.29 bits per heavy atom. The average Bonchev–Trinajstić information content (AvgIpc) is 2.44. The molecule has 2 N–H and O–H groups in total. The largest absolute Gasteiger partial charge is 0.327 e. The Morgan fingerprint density at radius 3 is 2.62 bits per heavy atom. The molecule has 0 aromatic heterocycles. The van der Waals surface area contributed by atoms with Crippen LogP contribution in [0.5, 0.6) is 0 Å². The number of hydrogen-bond acceptors (Lipinski definition) is 2. The number of urea groups is 1. The molecule has 118 valence electrons. The van der Waals surface area contributed by atoms with Crippen LogP contribution in [-0.4, -0.2) is 31.1 Å². The number of amides is 2. The van der Waals surface area contributed by atoms with Gasteiger partial charge < -0.3 is 15.5 Å². The van der Waals surface area contributed by atoms with Crippen LogP contribution in [0.4, 0.5) is 10.5 Å². The number of nitrogens with zero attached hydrogens (tertiary/aromatic N) is 1. The van der Waals surface area contributed by atoms with Gasteiger partial charge in [0.1, 0.15) is 0 Å². The van der Waals surface area contributed by atoms with Crippen molar-refractivity contribution in [3.63, 3.8) is 0 Å². The molecule has 0 aliphatic heterocycles. The molecule has 4 heteroatoms. The molecule has 2 amide bonds. The minimum absolute atomic E-state index is 0.0602. The van der Waals surface area contributed by atoms with Crippen LogP contribution in [0.15, 0.2) is 24.3 Å². The van der Waals surface area contributed by atoms with E-state index in [1.807, 2.05) is 25.2 Å². The highest BCUT2D eigenvalue weighted by molar-refractivity contribution is 5.89. The van der Waals surface area contributed by atoms with Crippen molar-refractivity contribution in [3.8, 4) is 0 Å². The highest BCUT2D eigenvalue weighted by Gasteiger charge is 2.11. The van der Waals surface area contributed by atoms with Gasteiger partial charge in [0.2, 0.25) is 0 Å². The van der Waals surface area contributed by atoms with Gasteiger partial charge in [-0.1, -0.05) is 32.9 Å². The van der Waals surface area contributed by atoms with Crippen molar-refractivity contribution in [1.29, 1.82) is 0 Å². The van der Waals surface area contributed by atoms with Gasteiger partial charge in [0.15, 0.2) is 0 Å². The minimum Gasteiger partial charge on any atom is -0.327 e. The van der Waals surface area contributed by atoms with Crippen LogP contribution in [0.2, 0.25) is 0 Å². The Kier molecular flexibility index (Phi) is 7.23. The number of rotatable bonds is 7. The number of nitrogens with one attached hydrogen (secondary N) is 2. The molecule has 1 aromatic rings. The summed E-state index contributed by atoms with van der Waals surface area (Å²) in [5.41, 5.74) is 2.03. The van der Waals surface area contributed by atoms with Gasteiger partial charge in [-0.25, -0.2) is 4.79 Å². The molecular formula is C17H29N3O. The molecule has 0 fully saturated rings. The quantitative estimate of drug-likeness (QED) is 0.801. The summed E-state index contributed by atoms with van der Waals surface area (Å²) < 4.78 is 0. The van der Waals surface area contributed by atoms with Gasteiger partial charge in [-0.3, -0.25) is 0 Å². The number of benzene rings is 1. The molecule has 1 atom stereocenters. The first-order chi connectivity index (χ1) is 9.93. The molecule has 0 aliphatic carbocycles. The fourth-order valence-electron chi connectivity index (χ4n) is 2.21. The Morgan fingerprint density at radius 2 is 2.00 bits per heavy atom. The van der Waals surface area contributed by atoms with Crippen molar-refractivity contribution in [2.45, 2.75) is 40.2 Å². The van der Waals surface area contributed by atoms with E-state index in [4.69, 9.17) is 0 Å². The fourth-order valence-corrected chi connectivity index (χ4v) is 2.21. The van der Waals surface area contributed by atoms with Crippen LogP contribution in [0.1, 0.15) is 45.7 Å². The van der Waals surface area contributed by atoms with Crippen molar-refractivity contribution in [1.82, 2.24) is 10.2 Å². The predicted octanol–water partition coefficient (Wildman–Crippen LogP) is 3.87. The molecule has 0 radical (unpaired) electrons. The number of hydrogen-bond donors (Lipinski definition) is 2. The second-order valence-electron chi connectivity index (χ2n) is 6.01. The van der Waals surface area contributed by atoms with Gasteiger partial charge in [-0.05, 0) is 43.5 Å². The average molecular weight is 291 g/mol. The number of anilines is 1. The van der Waals surface area contributed by atoms with E-state index in [0.29, 0.717) is 5.92 Å². The van der Waals surface area contributed by atoms with Crippen LogP contribution < -0.4 is 10.6 Å². The Labute approximate surface area is 128 Å². The van der Waals surface area contributed by atoms with Crippen molar-refractivity contribution < 1.29 is 4.79 Å². The molecule has 4 nitrogen and oxygen atoms in total. The third kappa shape index (κ3) is 6.17. The first-order valence-corrected chi connectivity index (χ1v) is 7.79. The maximum Gasteiger partial charge on any atom is 0.321 e.